The maximum absolute atomic E-state index is 10.8. The number of nitrogens with zero attached hydrogens (tertiary/aromatic N) is 1. The first-order chi connectivity index (χ1) is 5.65. The third-order valence-corrected chi connectivity index (χ3v) is 1.64. The molecule has 0 bridgehead atoms. The maximum Gasteiger partial charge on any atom is 0.257 e. The standard InChI is InChI=1S/C8H8ClNO2/c1-5-3-7(12-2)6(4-10-5)8(9)11/h3-4H,1-2H3. The topological polar surface area (TPSA) is 39.2 Å². The molecular weight excluding hydrogens is 178 g/mol. The minimum atomic E-state index is -0.556. The second-order valence-corrected chi connectivity index (χ2v) is 2.64. The Hall–Kier alpha value is -1.09. The van der Waals surface area contributed by atoms with E-state index < -0.39 is 5.24 Å². The van der Waals surface area contributed by atoms with Crippen LogP contribution >= 0.6 is 11.6 Å². The van der Waals surface area contributed by atoms with Crippen LogP contribution in [-0.2, 0) is 0 Å². The molecule has 1 aromatic heterocycles. The average Bonchev–Trinajstić information content (AvgIpc) is 2.03. The van der Waals surface area contributed by atoms with Gasteiger partial charge in [-0.15, -0.1) is 0 Å². The fraction of sp³-hybridized carbons (Fsp3) is 0.250. The second-order valence-electron chi connectivity index (χ2n) is 2.30. The van der Waals surface area contributed by atoms with Crippen molar-refractivity contribution in [3.63, 3.8) is 0 Å². The molecule has 0 aliphatic heterocycles. The first-order valence-corrected chi connectivity index (χ1v) is 3.73. The van der Waals surface area contributed by atoms with Crippen LogP contribution in [-0.4, -0.2) is 17.3 Å². The van der Waals surface area contributed by atoms with Crippen molar-refractivity contribution in [2.24, 2.45) is 0 Å². The number of aryl methyl sites for hydroxylation is 1. The lowest BCUT2D eigenvalue weighted by Gasteiger charge is -2.03. The van der Waals surface area contributed by atoms with E-state index in [0.717, 1.165) is 5.69 Å². The highest BCUT2D eigenvalue weighted by Gasteiger charge is 2.09. The molecule has 0 aliphatic rings. The first-order valence-electron chi connectivity index (χ1n) is 3.35. The van der Waals surface area contributed by atoms with E-state index in [1.54, 1.807) is 6.07 Å². The number of carbonyl (C=O) groups excluding carboxylic acids is 1. The number of hydrogen-bond acceptors (Lipinski definition) is 3. The molecule has 64 valence electrons. The largest absolute Gasteiger partial charge is 0.496 e. The summed E-state index contributed by atoms with van der Waals surface area (Å²) in [5, 5.41) is -0.556. The van der Waals surface area contributed by atoms with Gasteiger partial charge in [0.2, 0.25) is 0 Å². The van der Waals surface area contributed by atoms with Crippen molar-refractivity contribution in [2.45, 2.75) is 6.92 Å². The van der Waals surface area contributed by atoms with Gasteiger partial charge in [0.05, 0.1) is 12.7 Å². The lowest BCUT2D eigenvalue weighted by Crippen LogP contribution is -1.97. The van der Waals surface area contributed by atoms with Gasteiger partial charge in [-0.25, -0.2) is 0 Å². The smallest absolute Gasteiger partial charge is 0.257 e. The van der Waals surface area contributed by atoms with Gasteiger partial charge >= 0.3 is 0 Å². The Labute approximate surface area is 75.3 Å². The third-order valence-electron chi connectivity index (χ3n) is 1.43. The predicted octanol–water partition coefficient (Wildman–Crippen LogP) is 1.78. The van der Waals surface area contributed by atoms with Crippen LogP contribution in [0.4, 0.5) is 0 Å². The monoisotopic (exact) mass is 185 g/mol. The Bertz CT molecular complexity index is 312. The van der Waals surface area contributed by atoms with E-state index in [1.165, 1.54) is 13.3 Å². The van der Waals surface area contributed by atoms with Crippen molar-refractivity contribution in [3.8, 4) is 5.75 Å². The summed E-state index contributed by atoms with van der Waals surface area (Å²) in [6.45, 7) is 1.81. The van der Waals surface area contributed by atoms with E-state index in [9.17, 15) is 4.79 Å². The van der Waals surface area contributed by atoms with E-state index >= 15 is 0 Å². The van der Waals surface area contributed by atoms with Gasteiger partial charge in [-0.2, -0.15) is 0 Å². The molecule has 1 rings (SSSR count). The molecule has 1 heterocycles. The molecule has 12 heavy (non-hydrogen) atoms. The Kier molecular flexibility index (Phi) is 2.65. The highest BCUT2D eigenvalue weighted by Crippen LogP contribution is 2.19. The van der Waals surface area contributed by atoms with Crippen molar-refractivity contribution < 1.29 is 9.53 Å². The molecule has 0 atom stereocenters. The summed E-state index contributed by atoms with van der Waals surface area (Å²) in [5.74, 6) is 0.461. The van der Waals surface area contributed by atoms with Crippen LogP contribution in [0, 0.1) is 6.92 Å². The normalized spacial score (nSPS) is 9.58. The van der Waals surface area contributed by atoms with E-state index in [1.807, 2.05) is 6.92 Å². The lowest BCUT2D eigenvalue weighted by molar-refractivity contribution is 0.107. The zero-order chi connectivity index (χ0) is 9.14. The molecule has 0 fully saturated rings. The fourth-order valence-electron chi connectivity index (χ4n) is 0.851. The SMILES string of the molecule is COc1cc(C)ncc1C(=O)Cl. The van der Waals surface area contributed by atoms with Crippen molar-refractivity contribution in [1.82, 2.24) is 4.98 Å². The molecule has 0 aromatic carbocycles. The predicted molar refractivity (Wildman–Crippen MR) is 45.7 cm³/mol. The van der Waals surface area contributed by atoms with Crippen molar-refractivity contribution in [2.75, 3.05) is 7.11 Å². The van der Waals surface area contributed by atoms with Crippen LogP contribution in [0.1, 0.15) is 16.1 Å². The van der Waals surface area contributed by atoms with Crippen molar-refractivity contribution in [1.29, 1.82) is 0 Å². The highest BCUT2D eigenvalue weighted by atomic mass is 35.5. The number of methoxy groups -OCH3 is 1. The number of rotatable bonds is 2. The second kappa shape index (κ2) is 3.54. The van der Waals surface area contributed by atoms with Crippen LogP contribution in [0.5, 0.6) is 5.75 Å². The van der Waals surface area contributed by atoms with Gasteiger partial charge < -0.3 is 4.74 Å². The quantitative estimate of drug-likeness (QED) is 0.660. The summed E-state index contributed by atoms with van der Waals surface area (Å²) < 4.78 is 4.94. The highest BCUT2D eigenvalue weighted by molar-refractivity contribution is 6.68. The Morgan fingerprint density at radius 2 is 2.33 bits per heavy atom. The fourth-order valence-corrected chi connectivity index (χ4v) is 0.993. The van der Waals surface area contributed by atoms with Crippen LogP contribution in [0.25, 0.3) is 0 Å². The number of aromatic nitrogens is 1. The van der Waals surface area contributed by atoms with Gasteiger partial charge in [0.15, 0.2) is 0 Å². The zero-order valence-electron chi connectivity index (χ0n) is 6.80. The van der Waals surface area contributed by atoms with Crippen LogP contribution in [0.3, 0.4) is 0 Å². The Morgan fingerprint density at radius 1 is 1.67 bits per heavy atom. The Balaban J connectivity index is 3.20. The van der Waals surface area contributed by atoms with Gasteiger partial charge in [-0.1, -0.05) is 0 Å². The summed E-state index contributed by atoms with van der Waals surface area (Å²) in [4.78, 5) is 14.7. The van der Waals surface area contributed by atoms with Crippen LogP contribution < -0.4 is 4.74 Å². The summed E-state index contributed by atoms with van der Waals surface area (Å²) in [6.07, 6.45) is 1.41. The number of ether oxygens (including phenoxy) is 1. The van der Waals surface area contributed by atoms with Crippen LogP contribution in [0.2, 0.25) is 0 Å². The molecular formula is C8H8ClNO2. The molecule has 0 spiro atoms. The summed E-state index contributed by atoms with van der Waals surface area (Å²) >= 11 is 5.28. The molecule has 0 radical (unpaired) electrons. The Morgan fingerprint density at radius 3 is 2.83 bits per heavy atom. The number of carbonyl (C=O) groups is 1. The molecule has 0 unspecified atom stereocenters. The van der Waals surface area contributed by atoms with Crippen molar-refractivity contribution in [3.05, 3.63) is 23.5 Å². The van der Waals surface area contributed by atoms with Gasteiger partial charge in [0.1, 0.15) is 5.75 Å². The third kappa shape index (κ3) is 1.74. The number of halogens is 1. The van der Waals surface area contributed by atoms with Crippen LogP contribution in [0.15, 0.2) is 12.3 Å². The minimum Gasteiger partial charge on any atom is -0.496 e. The van der Waals surface area contributed by atoms with E-state index in [2.05, 4.69) is 4.98 Å². The lowest BCUT2D eigenvalue weighted by atomic mass is 10.2. The van der Waals surface area contributed by atoms with Crippen molar-refractivity contribution >= 4 is 16.8 Å². The zero-order valence-corrected chi connectivity index (χ0v) is 7.55. The summed E-state index contributed by atoms with van der Waals surface area (Å²) in [7, 11) is 1.48. The van der Waals surface area contributed by atoms with Gasteiger partial charge in [0.25, 0.3) is 5.24 Å². The van der Waals surface area contributed by atoms with E-state index in [4.69, 9.17) is 16.3 Å². The molecule has 1 aromatic rings. The molecule has 0 N–H and O–H groups in total. The molecule has 0 saturated carbocycles. The molecule has 4 heteroatoms. The molecule has 3 nitrogen and oxygen atoms in total. The summed E-state index contributed by atoms with van der Waals surface area (Å²) in [5.41, 5.74) is 1.08. The number of hydrogen-bond donors (Lipinski definition) is 0. The maximum atomic E-state index is 10.8. The van der Waals surface area contributed by atoms with E-state index in [-0.39, 0.29) is 0 Å². The molecule has 0 aliphatic carbocycles. The first kappa shape index (κ1) is 9.00. The molecule has 0 amide bonds. The average molecular weight is 186 g/mol. The van der Waals surface area contributed by atoms with Gasteiger partial charge in [-0.3, -0.25) is 9.78 Å². The minimum absolute atomic E-state index is 0.296. The van der Waals surface area contributed by atoms with E-state index in [0.29, 0.717) is 11.3 Å². The number of pyridine rings is 1. The molecule has 0 saturated heterocycles. The van der Waals surface area contributed by atoms with Gasteiger partial charge in [0, 0.05) is 18.0 Å². The van der Waals surface area contributed by atoms with Gasteiger partial charge in [-0.05, 0) is 18.5 Å². The summed E-state index contributed by atoms with van der Waals surface area (Å²) in [6, 6.07) is 1.66.